The molecule has 0 heterocycles. The lowest BCUT2D eigenvalue weighted by Gasteiger charge is -2.21. The van der Waals surface area contributed by atoms with Crippen LogP contribution in [0.5, 0.6) is 5.75 Å². The molecule has 0 aliphatic rings. The van der Waals surface area contributed by atoms with E-state index < -0.39 is 6.10 Å². The Morgan fingerprint density at radius 1 is 1.14 bits per heavy atom. The molecule has 0 aliphatic carbocycles. The highest BCUT2D eigenvalue weighted by atomic mass is 35.5. The second kappa shape index (κ2) is 8.18. The predicted molar refractivity (Wildman–Crippen MR) is 90.5 cm³/mol. The van der Waals surface area contributed by atoms with Crippen molar-refractivity contribution in [1.29, 1.82) is 0 Å². The van der Waals surface area contributed by atoms with Crippen LogP contribution in [-0.2, 0) is 6.54 Å². The van der Waals surface area contributed by atoms with Gasteiger partial charge in [-0.05, 0) is 31.7 Å². The van der Waals surface area contributed by atoms with Gasteiger partial charge in [0.2, 0.25) is 0 Å². The van der Waals surface area contributed by atoms with Crippen molar-refractivity contribution >= 4 is 11.6 Å². The van der Waals surface area contributed by atoms with Crippen LogP contribution in [0.1, 0.15) is 11.1 Å². The summed E-state index contributed by atoms with van der Waals surface area (Å²) in [7, 11) is 1.98. The highest BCUT2D eigenvalue weighted by Crippen LogP contribution is 2.23. The van der Waals surface area contributed by atoms with E-state index in [1.807, 2.05) is 19.2 Å². The SMILES string of the molecule is Cc1ccc(CN(C)CC(O)COc2ccccc2Cl)cc1. The number of aliphatic hydroxyl groups excluding tert-OH is 1. The van der Waals surface area contributed by atoms with Crippen LogP contribution in [0, 0.1) is 6.92 Å². The van der Waals surface area contributed by atoms with E-state index in [-0.39, 0.29) is 6.61 Å². The van der Waals surface area contributed by atoms with Crippen LogP contribution in [0.2, 0.25) is 5.02 Å². The summed E-state index contributed by atoms with van der Waals surface area (Å²) in [5.41, 5.74) is 2.48. The zero-order valence-electron chi connectivity index (χ0n) is 13.0. The quantitative estimate of drug-likeness (QED) is 0.847. The molecular formula is C18H22ClNO2. The number of hydrogen-bond acceptors (Lipinski definition) is 3. The van der Waals surface area contributed by atoms with E-state index in [0.29, 0.717) is 17.3 Å². The number of likely N-dealkylation sites (N-methyl/N-ethyl adjacent to an activating group) is 1. The molecule has 118 valence electrons. The number of para-hydroxylation sites is 1. The summed E-state index contributed by atoms with van der Waals surface area (Å²) in [6.45, 7) is 3.63. The van der Waals surface area contributed by atoms with Crippen molar-refractivity contribution in [2.75, 3.05) is 20.2 Å². The number of ether oxygens (including phenoxy) is 1. The lowest BCUT2D eigenvalue weighted by molar-refractivity contribution is 0.0744. The number of halogens is 1. The second-order valence-electron chi connectivity index (χ2n) is 5.58. The molecule has 22 heavy (non-hydrogen) atoms. The molecule has 4 heteroatoms. The molecule has 3 nitrogen and oxygen atoms in total. The lowest BCUT2D eigenvalue weighted by Crippen LogP contribution is -2.32. The van der Waals surface area contributed by atoms with Crippen molar-refractivity contribution in [1.82, 2.24) is 4.90 Å². The van der Waals surface area contributed by atoms with Crippen molar-refractivity contribution in [2.24, 2.45) is 0 Å². The van der Waals surface area contributed by atoms with Gasteiger partial charge >= 0.3 is 0 Å². The van der Waals surface area contributed by atoms with Gasteiger partial charge in [-0.25, -0.2) is 0 Å². The molecule has 0 saturated heterocycles. The average Bonchev–Trinajstić information content (AvgIpc) is 2.49. The zero-order valence-corrected chi connectivity index (χ0v) is 13.8. The molecule has 0 radical (unpaired) electrons. The molecule has 2 aromatic rings. The number of aryl methyl sites for hydroxylation is 1. The summed E-state index contributed by atoms with van der Waals surface area (Å²) in [5.74, 6) is 0.601. The third-order valence-corrected chi connectivity index (χ3v) is 3.68. The van der Waals surface area contributed by atoms with Gasteiger partial charge in [-0.2, -0.15) is 0 Å². The Balaban J connectivity index is 1.77. The Labute approximate surface area is 137 Å². The predicted octanol–water partition coefficient (Wildman–Crippen LogP) is 3.52. The number of benzene rings is 2. The van der Waals surface area contributed by atoms with Crippen molar-refractivity contribution in [3.63, 3.8) is 0 Å². The average molecular weight is 320 g/mol. The summed E-state index contributed by atoms with van der Waals surface area (Å²) in [4.78, 5) is 2.07. The van der Waals surface area contributed by atoms with Gasteiger partial charge in [0.15, 0.2) is 0 Å². The van der Waals surface area contributed by atoms with Crippen molar-refractivity contribution in [3.8, 4) is 5.75 Å². The number of aliphatic hydroxyl groups is 1. The molecule has 1 N–H and O–H groups in total. The molecule has 0 aliphatic heterocycles. The first-order valence-corrected chi connectivity index (χ1v) is 7.72. The largest absolute Gasteiger partial charge is 0.489 e. The minimum atomic E-state index is -0.563. The van der Waals surface area contributed by atoms with Crippen LogP contribution in [0.15, 0.2) is 48.5 Å². The van der Waals surface area contributed by atoms with E-state index in [0.717, 1.165) is 6.54 Å². The minimum absolute atomic E-state index is 0.224. The molecule has 0 saturated carbocycles. The standard InChI is InChI=1S/C18H22ClNO2/c1-14-7-9-15(10-8-14)11-20(2)12-16(21)13-22-18-6-4-3-5-17(18)19/h3-10,16,21H,11-13H2,1-2H3. The monoisotopic (exact) mass is 319 g/mol. The molecular weight excluding hydrogens is 298 g/mol. The fraction of sp³-hybridized carbons (Fsp3) is 0.333. The molecule has 0 amide bonds. The maximum absolute atomic E-state index is 10.1. The fourth-order valence-corrected chi connectivity index (χ4v) is 2.42. The van der Waals surface area contributed by atoms with Gasteiger partial charge in [-0.3, -0.25) is 4.90 Å². The summed E-state index contributed by atoms with van der Waals surface area (Å²) < 4.78 is 5.56. The fourth-order valence-electron chi connectivity index (χ4n) is 2.23. The van der Waals surface area contributed by atoms with E-state index in [4.69, 9.17) is 16.3 Å². The van der Waals surface area contributed by atoms with Crippen molar-refractivity contribution in [2.45, 2.75) is 19.6 Å². The third kappa shape index (κ3) is 5.34. The first kappa shape index (κ1) is 16.8. The van der Waals surface area contributed by atoms with Gasteiger partial charge in [0.05, 0.1) is 5.02 Å². The van der Waals surface area contributed by atoms with E-state index in [2.05, 4.69) is 36.1 Å². The lowest BCUT2D eigenvalue weighted by atomic mass is 10.1. The Bertz CT molecular complexity index is 586. The first-order chi connectivity index (χ1) is 10.5. The van der Waals surface area contributed by atoms with Crippen molar-refractivity contribution in [3.05, 3.63) is 64.7 Å². The Hall–Kier alpha value is -1.55. The first-order valence-electron chi connectivity index (χ1n) is 7.34. The summed E-state index contributed by atoms with van der Waals surface area (Å²) in [6, 6.07) is 15.7. The van der Waals surface area contributed by atoms with Gasteiger partial charge in [-0.1, -0.05) is 53.6 Å². The van der Waals surface area contributed by atoms with Gasteiger partial charge in [0.1, 0.15) is 18.5 Å². The topological polar surface area (TPSA) is 32.7 Å². The molecule has 1 atom stereocenters. The molecule has 0 spiro atoms. The molecule has 1 unspecified atom stereocenters. The smallest absolute Gasteiger partial charge is 0.138 e. The van der Waals surface area contributed by atoms with Crippen LogP contribution < -0.4 is 4.74 Å². The summed E-state index contributed by atoms with van der Waals surface area (Å²) >= 11 is 6.02. The van der Waals surface area contributed by atoms with Gasteiger partial charge in [0.25, 0.3) is 0 Å². The Kier molecular flexibility index (Phi) is 6.25. The van der Waals surface area contributed by atoms with Crippen LogP contribution in [0.4, 0.5) is 0 Å². The zero-order chi connectivity index (χ0) is 15.9. The van der Waals surface area contributed by atoms with Crippen LogP contribution in [0.25, 0.3) is 0 Å². The number of rotatable bonds is 7. The third-order valence-electron chi connectivity index (χ3n) is 3.36. The highest BCUT2D eigenvalue weighted by Gasteiger charge is 2.10. The second-order valence-corrected chi connectivity index (χ2v) is 5.98. The van der Waals surface area contributed by atoms with Gasteiger partial charge in [0, 0.05) is 13.1 Å². The van der Waals surface area contributed by atoms with Crippen LogP contribution >= 0.6 is 11.6 Å². The summed E-state index contributed by atoms with van der Waals surface area (Å²) in [5, 5.41) is 10.6. The molecule has 0 fully saturated rings. The minimum Gasteiger partial charge on any atom is -0.489 e. The van der Waals surface area contributed by atoms with Crippen LogP contribution in [0.3, 0.4) is 0 Å². The normalized spacial score (nSPS) is 12.4. The summed E-state index contributed by atoms with van der Waals surface area (Å²) in [6.07, 6.45) is -0.563. The number of hydrogen-bond donors (Lipinski definition) is 1. The Morgan fingerprint density at radius 3 is 2.50 bits per heavy atom. The highest BCUT2D eigenvalue weighted by molar-refractivity contribution is 6.32. The molecule has 0 aromatic heterocycles. The maximum atomic E-state index is 10.1. The molecule has 2 aromatic carbocycles. The maximum Gasteiger partial charge on any atom is 0.138 e. The molecule has 2 rings (SSSR count). The van der Waals surface area contributed by atoms with E-state index in [9.17, 15) is 5.11 Å². The molecule has 0 bridgehead atoms. The number of nitrogens with zero attached hydrogens (tertiary/aromatic N) is 1. The Morgan fingerprint density at radius 2 is 1.82 bits per heavy atom. The van der Waals surface area contributed by atoms with E-state index in [1.165, 1.54) is 11.1 Å². The van der Waals surface area contributed by atoms with Crippen LogP contribution in [-0.4, -0.2) is 36.3 Å². The van der Waals surface area contributed by atoms with E-state index >= 15 is 0 Å². The van der Waals surface area contributed by atoms with E-state index in [1.54, 1.807) is 12.1 Å². The van der Waals surface area contributed by atoms with Crippen molar-refractivity contribution < 1.29 is 9.84 Å². The van der Waals surface area contributed by atoms with Gasteiger partial charge in [-0.15, -0.1) is 0 Å². The van der Waals surface area contributed by atoms with Gasteiger partial charge < -0.3 is 9.84 Å².